The number of aliphatic imine (C=N–C) groups is 1. The quantitative estimate of drug-likeness (QED) is 0.120. The van der Waals surface area contributed by atoms with Gasteiger partial charge in [0.05, 0.1) is 22.3 Å². The molecule has 5 aromatic rings. The number of hydrogen-bond acceptors (Lipinski definition) is 8. The molecule has 3 amide bonds. The van der Waals surface area contributed by atoms with Gasteiger partial charge in [-0.05, 0) is 80.5 Å². The molecule has 53 heavy (non-hydrogen) atoms. The van der Waals surface area contributed by atoms with Crippen LogP contribution in [0.4, 0.5) is 4.39 Å². The molecule has 1 N–H and O–H groups in total. The maximum atomic E-state index is 14.6. The fraction of sp³-hybridized carbons (Fsp3) is 0.308. The number of aromatic nitrogens is 5. The van der Waals surface area contributed by atoms with Gasteiger partial charge in [-0.25, -0.2) is 4.39 Å². The summed E-state index contributed by atoms with van der Waals surface area (Å²) in [5, 5.41) is 17.2. The minimum atomic E-state index is -0.730. The summed E-state index contributed by atoms with van der Waals surface area (Å²) in [5.74, 6) is 6.60. The highest BCUT2D eigenvalue weighted by Crippen LogP contribution is 2.37. The molecule has 14 heteroatoms. The molecule has 6 heterocycles. The first-order valence-electron chi connectivity index (χ1n) is 17.5. The van der Waals surface area contributed by atoms with Crippen LogP contribution in [-0.2, 0) is 35.6 Å². The minimum Gasteiger partial charge on any atom is -0.322 e. The fourth-order valence-electron chi connectivity index (χ4n) is 7.27. The lowest BCUT2D eigenvalue weighted by Gasteiger charge is -2.29. The van der Waals surface area contributed by atoms with Crippen molar-refractivity contribution in [3.05, 3.63) is 115 Å². The van der Waals surface area contributed by atoms with Gasteiger partial charge in [0.2, 0.25) is 11.8 Å². The minimum absolute atomic E-state index is 0.172. The number of amides is 3. The summed E-state index contributed by atoms with van der Waals surface area (Å²) in [5.41, 5.74) is 6.55. The Balaban J connectivity index is 0.915. The SMILES string of the molecule is Cc1c(C#Cc2cnn(CCCCCc3cc(F)cc4c3CN(C3CCC(=O)NC3=O)C4=O)c2)sc2c1C(c1ccc(Cl)cc1)=NCc1nnc(C)n1-2. The predicted molar refractivity (Wildman–Crippen MR) is 198 cm³/mol. The molecule has 0 bridgehead atoms. The number of fused-ring (bicyclic) bond motifs is 4. The first kappa shape index (κ1) is 34.6. The summed E-state index contributed by atoms with van der Waals surface area (Å²) >= 11 is 7.79. The molecule has 3 aliphatic rings. The topological polar surface area (TPSA) is 127 Å². The molecule has 1 fully saturated rings. The monoisotopic (exact) mass is 748 g/mol. The molecule has 0 radical (unpaired) electrons. The van der Waals surface area contributed by atoms with Gasteiger partial charge in [-0.3, -0.25) is 33.9 Å². The van der Waals surface area contributed by atoms with Gasteiger partial charge in [0, 0.05) is 47.4 Å². The van der Waals surface area contributed by atoms with E-state index in [0.29, 0.717) is 30.1 Å². The Kier molecular flexibility index (Phi) is 9.26. The molecular formula is C39H34ClFN8O3S. The summed E-state index contributed by atoms with van der Waals surface area (Å²) in [7, 11) is 0. The summed E-state index contributed by atoms with van der Waals surface area (Å²) in [6.45, 7) is 5.37. The molecule has 1 atom stereocenters. The number of halogens is 2. The number of imide groups is 1. The van der Waals surface area contributed by atoms with Gasteiger partial charge < -0.3 is 4.90 Å². The number of carbonyl (C=O) groups is 3. The Morgan fingerprint density at radius 2 is 1.89 bits per heavy atom. The maximum absolute atomic E-state index is 14.6. The average molecular weight is 749 g/mol. The smallest absolute Gasteiger partial charge is 0.255 e. The lowest BCUT2D eigenvalue weighted by Crippen LogP contribution is -2.52. The van der Waals surface area contributed by atoms with Crippen molar-refractivity contribution in [2.24, 2.45) is 4.99 Å². The van der Waals surface area contributed by atoms with E-state index in [4.69, 9.17) is 16.6 Å². The van der Waals surface area contributed by atoms with Crippen molar-refractivity contribution in [1.82, 2.24) is 34.8 Å². The van der Waals surface area contributed by atoms with E-state index in [1.54, 1.807) is 17.5 Å². The van der Waals surface area contributed by atoms with Crippen molar-refractivity contribution in [1.29, 1.82) is 0 Å². The number of unbranched alkanes of at least 4 members (excludes halogenated alkanes) is 2. The second-order valence-corrected chi connectivity index (χ2v) is 14.9. The standard InChI is InChI=1S/C39H34ClFN8O3S/c1-22-32(53-39-35(22)36(25-8-10-27(40)11-9-25)42-19-33-46-45-23(2)49(33)39)13-7-24-18-43-47(20-24)15-5-3-4-6-26-16-28(41)17-29-30(26)21-48(38(29)52)31-12-14-34(50)44-37(31)51/h8-11,16-18,20,31H,3-6,12,14-15,19,21H2,1-2H3,(H,44,50,51). The molecule has 3 aromatic heterocycles. The molecule has 3 aliphatic heterocycles. The zero-order valence-electron chi connectivity index (χ0n) is 29.1. The van der Waals surface area contributed by atoms with E-state index in [2.05, 4.69) is 43.9 Å². The molecule has 2 aromatic carbocycles. The van der Waals surface area contributed by atoms with Gasteiger partial charge in [0.15, 0.2) is 5.82 Å². The highest BCUT2D eigenvalue weighted by molar-refractivity contribution is 7.15. The van der Waals surface area contributed by atoms with E-state index in [9.17, 15) is 18.8 Å². The molecule has 0 spiro atoms. The number of hydrogen-bond donors (Lipinski definition) is 1. The third-order valence-electron chi connectivity index (χ3n) is 9.96. The van der Waals surface area contributed by atoms with Crippen molar-refractivity contribution < 1.29 is 18.8 Å². The Labute approximate surface area is 313 Å². The van der Waals surface area contributed by atoms with Crippen LogP contribution in [0.5, 0.6) is 0 Å². The van der Waals surface area contributed by atoms with Crippen LogP contribution in [-0.4, -0.2) is 58.9 Å². The van der Waals surface area contributed by atoms with Crippen LogP contribution < -0.4 is 5.32 Å². The van der Waals surface area contributed by atoms with Gasteiger partial charge in [-0.2, -0.15) is 5.10 Å². The summed E-state index contributed by atoms with van der Waals surface area (Å²) in [4.78, 5) is 44.6. The van der Waals surface area contributed by atoms with Crippen LogP contribution in [0.15, 0.2) is 53.8 Å². The Bertz CT molecular complexity index is 2400. The van der Waals surface area contributed by atoms with E-state index in [0.717, 1.165) is 79.9 Å². The number of nitrogens with zero attached hydrogens (tertiary/aromatic N) is 7. The molecule has 268 valence electrons. The van der Waals surface area contributed by atoms with Crippen molar-refractivity contribution in [2.45, 2.75) is 78.0 Å². The number of thiophene rings is 1. The normalized spacial score (nSPS) is 16.4. The van der Waals surface area contributed by atoms with Gasteiger partial charge in [-0.1, -0.05) is 42.0 Å². The lowest BCUT2D eigenvalue weighted by atomic mass is 9.98. The number of nitrogens with one attached hydrogen (secondary N) is 1. The van der Waals surface area contributed by atoms with Gasteiger partial charge in [0.1, 0.15) is 29.2 Å². The molecular weight excluding hydrogens is 715 g/mol. The zero-order chi connectivity index (χ0) is 36.8. The zero-order valence-corrected chi connectivity index (χ0v) is 30.7. The lowest BCUT2D eigenvalue weighted by molar-refractivity contribution is -0.136. The molecule has 1 unspecified atom stereocenters. The van der Waals surface area contributed by atoms with Crippen LogP contribution in [0.3, 0.4) is 0 Å². The number of aryl methyl sites for hydroxylation is 3. The van der Waals surface area contributed by atoms with E-state index in [1.165, 1.54) is 17.0 Å². The maximum Gasteiger partial charge on any atom is 0.255 e. The highest BCUT2D eigenvalue weighted by atomic mass is 35.5. The van der Waals surface area contributed by atoms with Crippen molar-refractivity contribution >= 4 is 46.4 Å². The third kappa shape index (κ3) is 6.69. The summed E-state index contributed by atoms with van der Waals surface area (Å²) in [6.07, 6.45) is 7.29. The second kappa shape index (κ2) is 14.2. The van der Waals surface area contributed by atoms with E-state index in [1.807, 2.05) is 42.1 Å². The van der Waals surface area contributed by atoms with Crippen molar-refractivity contribution in [2.75, 3.05) is 0 Å². The highest BCUT2D eigenvalue weighted by Gasteiger charge is 2.40. The number of piperidine rings is 1. The predicted octanol–water partition coefficient (Wildman–Crippen LogP) is 5.86. The van der Waals surface area contributed by atoms with Crippen LogP contribution in [0.2, 0.25) is 5.02 Å². The fourth-order valence-corrected chi connectivity index (χ4v) is 8.62. The van der Waals surface area contributed by atoms with E-state index in [-0.39, 0.29) is 31.2 Å². The van der Waals surface area contributed by atoms with Crippen LogP contribution in [0.25, 0.3) is 5.00 Å². The summed E-state index contributed by atoms with van der Waals surface area (Å²) in [6, 6.07) is 9.71. The molecule has 0 saturated carbocycles. The second-order valence-electron chi connectivity index (χ2n) is 13.5. The van der Waals surface area contributed by atoms with E-state index < -0.39 is 17.8 Å². The Morgan fingerprint density at radius 1 is 1.06 bits per heavy atom. The third-order valence-corrected chi connectivity index (χ3v) is 11.4. The van der Waals surface area contributed by atoms with Crippen molar-refractivity contribution in [3.8, 4) is 16.8 Å². The Hall–Kier alpha value is -5.45. The van der Waals surface area contributed by atoms with Crippen LogP contribution in [0.1, 0.15) is 92.4 Å². The van der Waals surface area contributed by atoms with E-state index >= 15 is 0 Å². The van der Waals surface area contributed by atoms with Crippen molar-refractivity contribution in [3.63, 3.8) is 0 Å². The number of rotatable bonds is 8. The Morgan fingerprint density at radius 3 is 2.70 bits per heavy atom. The van der Waals surface area contributed by atoms with Gasteiger partial charge in [0.25, 0.3) is 5.91 Å². The molecule has 11 nitrogen and oxygen atoms in total. The molecule has 8 rings (SSSR count). The van der Waals surface area contributed by atoms with Gasteiger partial charge >= 0.3 is 0 Å². The molecule has 1 saturated heterocycles. The summed E-state index contributed by atoms with van der Waals surface area (Å²) < 4.78 is 18.5. The first-order chi connectivity index (χ1) is 25.6. The van der Waals surface area contributed by atoms with Gasteiger partial charge in [-0.15, -0.1) is 21.5 Å². The number of carbonyl (C=O) groups excluding carboxylic acids is 3. The van der Waals surface area contributed by atoms with Crippen LogP contribution >= 0.6 is 22.9 Å². The van der Waals surface area contributed by atoms with Crippen LogP contribution in [0, 0.1) is 31.5 Å². The largest absolute Gasteiger partial charge is 0.322 e. The first-order valence-corrected chi connectivity index (χ1v) is 18.7. The number of benzene rings is 2. The average Bonchev–Trinajstić information content (AvgIpc) is 3.88. The molecule has 0 aliphatic carbocycles.